The second-order valence-corrected chi connectivity index (χ2v) is 10.3. The maximum atomic E-state index is 12.9. The van der Waals surface area contributed by atoms with Gasteiger partial charge in [-0.2, -0.15) is 13.2 Å². The topological polar surface area (TPSA) is 127 Å². The zero-order valence-corrected chi connectivity index (χ0v) is 23.3. The lowest BCUT2D eigenvalue weighted by molar-refractivity contribution is -0.137. The van der Waals surface area contributed by atoms with E-state index in [0.29, 0.717) is 29.9 Å². The summed E-state index contributed by atoms with van der Waals surface area (Å²) in [5.41, 5.74) is 14.7. The average Bonchev–Trinajstić information content (AvgIpc) is 2.98. The van der Waals surface area contributed by atoms with Gasteiger partial charge in [0.1, 0.15) is 11.6 Å². The van der Waals surface area contributed by atoms with Crippen molar-refractivity contribution in [3.63, 3.8) is 0 Å². The summed E-state index contributed by atoms with van der Waals surface area (Å²) in [5.74, 6) is -0.228. The number of likely N-dealkylation sites (tertiary alicyclic amines) is 1. The van der Waals surface area contributed by atoms with Gasteiger partial charge in [0.15, 0.2) is 0 Å². The Morgan fingerprint density at radius 2 is 1.74 bits per heavy atom. The van der Waals surface area contributed by atoms with Crippen LogP contribution in [0, 0.1) is 0 Å². The van der Waals surface area contributed by atoms with E-state index in [4.69, 9.17) is 11.5 Å². The van der Waals surface area contributed by atoms with Gasteiger partial charge in [0.05, 0.1) is 5.56 Å². The monoisotopic (exact) mass is 580 g/mol. The van der Waals surface area contributed by atoms with Gasteiger partial charge in [0.2, 0.25) is 5.91 Å². The number of nitrogens with two attached hydrogens (primary N) is 2. The van der Waals surface area contributed by atoms with Crippen molar-refractivity contribution in [1.82, 2.24) is 14.9 Å². The molecule has 1 aliphatic heterocycles. The minimum Gasteiger partial charge on any atom is -0.398 e. The molecule has 1 fully saturated rings. The maximum absolute atomic E-state index is 12.9. The fourth-order valence-corrected chi connectivity index (χ4v) is 4.81. The van der Waals surface area contributed by atoms with Gasteiger partial charge in [-0.05, 0) is 68.4 Å². The molecule has 0 atom stereocenters. The zero-order valence-electron chi connectivity index (χ0n) is 23.3. The average molecular weight is 581 g/mol. The number of alkyl halides is 3. The molecule has 2 amide bonds. The highest BCUT2D eigenvalue weighted by molar-refractivity contribution is 6.03. The van der Waals surface area contributed by atoms with Gasteiger partial charge in [-0.15, -0.1) is 0 Å². The quantitative estimate of drug-likeness (QED) is 0.249. The van der Waals surface area contributed by atoms with E-state index in [1.165, 1.54) is 6.42 Å². The van der Waals surface area contributed by atoms with E-state index in [2.05, 4.69) is 15.3 Å². The minimum absolute atomic E-state index is 0.193. The fourth-order valence-electron chi connectivity index (χ4n) is 4.81. The maximum Gasteiger partial charge on any atom is 0.416 e. The molecule has 0 bridgehead atoms. The lowest BCUT2D eigenvalue weighted by Crippen LogP contribution is -2.35. The number of amides is 2. The first-order valence-corrected chi connectivity index (χ1v) is 14.0. The molecule has 2 aromatic heterocycles. The van der Waals surface area contributed by atoms with E-state index in [1.54, 1.807) is 30.5 Å². The van der Waals surface area contributed by atoms with Crippen molar-refractivity contribution in [1.29, 1.82) is 0 Å². The lowest BCUT2D eigenvalue weighted by Gasteiger charge is -2.26. The molecule has 222 valence electrons. The molecule has 0 saturated carbocycles. The van der Waals surface area contributed by atoms with E-state index < -0.39 is 17.6 Å². The van der Waals surface area contributed by atoms with Crippen LogP contribution in [0.5, 0.6) is 0 Å². The minimum atomic E-state index is -4.54. The Bertz CT molecular complexity index is 1420. The Balaban J connectivity index is 1.31. The van der Waals surface area contributed by atoms with Gasteiger partial charge in [-0.1, -0.05) is 24.3 Å². The van der Waals surface area contributed by atoms with Crippen LogP contribution in [0.25, 0.3) is 6.08 Å². The predicted molar refractivity (Wildman–Crippen MR) is 157 cm³/mol. The predicted octanol–water partition coefficient (Wildman–Crippen LogP) is 6.09. The number of rotatable bonds is 10. The van der Waals surface area contributed by atoms with Gasteiger partial charge < -0.3 is 21.7 Å². The van der Waals surface area contributed by atoms with Crippen molar-refractivity contribution < 1.29 is 22.8 Å². The Hall–Kier alpha value is -4.41. The van der Waals surface area contributed by atoms with Crippen LogP contribution in [0.2, 0.25) is 0 Å². The van der Waals surface area contributed by atoms with Crippen molar-refractivity contribution in [2.45, 2.75) is 57.5 Å². The number of aromatic nitrogens is 2. The highest BCUT2D eigenvalue weighted by Gasteiger charge is 2.31. The number of nitrogens with zero attached hydrogens (tertiary/aromatic N) is 3. The molecule has 42 heavy (non-hydrogen) atoms. The SMILES string of the molecule is Nc1ncc(/C=C/CCCCC(=O)N2CCCCC2)c(N)c1Cc1ccc(C(=O)Nc2cc(C(F)(F)F)ccn2)cc1. The van der Waals surface area contributed by atoms with Crippen LogP contribution in [0.4, 0.5) is 30.5 Å². The van der Waals surface area contributed by atoms with Crippen LogP contribution in [0.1, 0.15) is 77.6 Å². The van der Waals surface area contributed by atoms with Crippen LogP contribution < -0.4 is 16.8 Å². The lowest BCUT2D eigenvalue weighted by atomic mass is 10.00. The molecule has 3 aromatic rings. The Morgan fingerprint density at radius 1 is 1.00 bits per heavy atom. The number of nitrogen functional groups attached to an aromatic ring is 2. The van der Waals surface area contributed by atoms with Gasteiger partial charge in [-0.3, -0.25) is 9.59 Å². The molecular formula is C31H35F3N6O2. The highest BCUT2D eigenvalue weighted by Crippen LogP contribution is 2.30. The molecule has 1 aromatic carbocycles. The third kappa shape index (κ3) is 8.31. The summed E-state index contributed by atoms with van der Waals surface area (Å²) in [6, 6.07) is 8.20. The standard InChI is InChI=1S/C31H35F3N6O2/c32-31(33,34)24-14-15-37-26(19-24)39-30(42)22-12-10-21(11-13-22)18-25-28(35)23(20-38-29(25)36)8-4-1-2-5-9-27(41)40-16-6-3-7-17-40/h4,8,10-15,19-20H,1-3,5-7,9,16-18H2,(H4,35,36,38)(H,37,39,42)/b8-4+. The molecule has 4 rings (SSSR count). The molecule has 11 heteroatoms. The number of piperidine rings is 1. The van der Waals surface area contributed by atoms with E-state index in [1.807, 2.05) is 17.1 Å². The number of allylic oxidation sites excluding steroid dienone is 1. The Kier molecular flexibility index (Phi) is 10.2. The molecule has 0 spiro atoms. The van der Waals surface area contributed by atoms with Crippen molar-refractivity contribution >= 4 is 35.2 Å². The molecule has 5 N–H and O–H groups in total. The molecular weight excluding hydrogens is 545 g/mol. The number of carbonyl (C=O) groups excluding carboxylic acids is 2. The van der Waals surface area contributed by atoms with Gasteiger partial charge in [0.25, 0.3) is 5.91 Å². The van der Waals surface area contributed by atoms with Crippen molar-refractivity contribution in [2.24, 2.45) is 0 Å². The second-order valence-electron chi connectivity index (χ2n) is 10.3. The third-order valence-corrected chi connectivity index (χ3v) is 7.23. The largest absolute Gasteiger partial charge is 0.416 e. The van der Waals surface area contributed by atoms with Crippen LogP contribution in [-0.2, 0) is 17.4 Å². The normalized spacial score (nSPS) is 13.8. The number of hydrogen-bond donors (Lipinski definition) is 3. The van der Waals surface area contributed by atoms with Crippen molar-refractivity contribution in [3.8, 4) is 0 Å². The van der Waals surface area contributed by atoms with E-state index >= 15 is 0 Å². The first-order chi connectivity index (χ1) is 20.1. The van der Waals surface area contributed by atoms with E-state index in [-0.39, 0.29) is 17.3 Å². The summed E-state index contributed by atoms with van der Waals surface area (Å²) < 4.78 is 38.8. The third-order valence-electron chi connectivity index (χ3n) is 7.23. The van der Waals surface area contributed by atoms with Gasteiger partial charge in [0, 0.05) is 60.7 Å². The van der Waals surface area contributed by atoms with Crippen LogP contribution in [-0.4, -0.2) is 39.8 Å². The Morgan fingerprint density at radius 3 is 2.45 bits per heavy atom. The molecule has 0 aliphatic carbocycles. The number of halogens is 3. The molecule has 0 radical (unpaired) electrons. The number of anilines is 3. The molecule has 1 aliphatic rings. The molecule has 8 nitrogen and oxygen atoms in total. The molecule has 3 heterocycles. The number of pyridine rings is 2. The van der Waals surface area contributed by atoms with Crippen LogP contribution >= 0.6 is 0 Å². The van der Waals surface area contributed by atoms with Crippen molar-refractivity contribution in [2.75, 3.05) is 29.9 Å². The summed E-state index contributed by atoms with van der Waals surface area (Å²) in [5, 5.41) is 2.39. The number of carbonyl (C=O) groups is 2. The van der Waals surface area contributed by atoms with Crippen LogP contribution in [0.15, 0.2) is 54.9 Å². The fraction of sp³-hybridized carbons (Fsp3) is 0.355. The summed E-state index contributed by atoms with van der Waals surface area (Å²) in [7, 11) is 0. The van der Waals surface area contributed by atoms with Gasteiger partial charge >= 0.3 is 6.18 Å². The number of hydrogen-bond acceptors (Lipinski definition) is 6. The van der Waals surface area contributed by atoms with Crippen LogP contribution in [0.3, 0.4) is 0 Å². The molecule has 0 unspecified atom stereocenters. The Labute approximate surface area is 243 Å². The first-order valence-electron chi connectivity index (χ1n) is 14.0. The zero-order chi connectivity index (χ0) is 30.1. The summed E-state index contributed by atoms with van der Waals surface area (Å²) in [4.78, 5) is 34.9. The summed E-state index contributed by atoms with van der Waals surface area (Å²) in [6.07, 6.45) is 8.91. The van der Waals surface area contributed by atoms with Gasteiger partial charge in [-0.25, -0.2) is 9.97 Å². The summed E-state index contributed by atoms with van der Waals surface area (Å²) >= 11 is 0. The summed E-state index contributed by atoms with van der Waals surface area (Å²) in [6.45, 7) is 1.76. The second kappa shape index (κ2) is 14.0. The number of nitrogens with one attached hydrogen (secondary N) is 1. The van der Waals surface area contributed by atoms with E-state index in [0.717, 1.165) is 74.7 Å². The number of unbranched alkanes of at least 4 members (excludes halogenated alkanes) is 2. The highest BCUT2D eigenvalue weighted by atomic mass is 19.4. The van der Waals surface area contributed by atoms with E-state index in [9.17, 15) is 22.8 Å². The number of benzene rings is 1. The molecule has 1 saturated heterocycles. The van der Waals surface area contributed by atoms with Crippen molar-refractivity contribution in [3.05, 3.63) is 82.7 Å². The smallest absolute Gasteiger partial charge is 0.398 e. The first kappa shape index (κ1) is 30.5.